The smallest absolute Gasteiger partial charge is 0.329 e. The van der Waals surface area contributed by atoms with Gasteiger partial charge in [0.25, 0.3) is 0 Å². The second-order valence-corrected chi connectivity index (χ2v) is 4.52. The number of carboxylic acid groups (broad SMARTS) is 2. The Hall–Kier alpha value is -1.79. The summed E-state index contributed by atoms with van der Waals surface area (Å²) in [6.45, 7) is 1.39. The molecule has 146 valence electrons. The lowest BCUT2D eigenvalue weighted by molar-refractivity contribution is -0.144. The first-order valence-electron chi connectivity index (χ1n) is 7.61. The van der Waals surface area contributed by atoms with Gasteiger partial charge < -0.3 is 39.2 Å². The molecule has 0 heterocycles. The number of hydrogen-bond donors (Lipinski definition) is 3. The zero-order chi connectivity index (χ0) is 18.8. The summed E-state index contributed by atoms with van der Waals surface area (Å²) in [6, 6.07) is 0. The highest BCUT2D eigenvalue weighted by atomic mass is 16.6. The van der Waals surface area contributed by atoms with Crippen LogP contribution in [0.3, 0.4) is 0 Å². The van der Waals surface area contributed by atoms with Crippen molar-refractivity contribution in [2.75, 3.05) is 72.6 Å². The van der Waals surface area contributed by atoms with Gasteiger partial charge in [0.05, 0.1) is 46.2 Å². The molecule has 0 saturated carbocycles. The van der Waals surface area contributed by atoms with E-state index in [1.165, 1.54) is 0 Å². The van der Waals surface area contributed by atoms with Gasteiger partial charge in [-0.05, 0) is 0 Å². The molecule has 0 unspecified atom stereocenters. The van der Waals surface area contributed by atoms with Crippen LogP contribution in [0.1, 0.15) is 0 Å². The maximum absolute atomic E-state index is 11.2. The fourth-order valence-corrected chi connectivity index (χ4v) is 1.36. The average molecular weight is 367 g/mol. The highest BCUT2D eigenvalue weighted by Gasteiger charge is 2.02. The summed E-state index contributed by atoms with van der Waals surface area (Å²) in [4.78, 5) is 31.5. The summed E-state index contributed by atoms with van der Waals surface area (Å²) in [5.74, 6) is -2.56. The Kier molecular flexibility index (Phi) is 15.8. The summed E-state index contributed by atoms with van der Waals surface area (Å²) in [7, 11) is 0. The Morgan fingerprint density at radius 1 is 0.600 bits per heavy atom. The van der Waals surface area contributed by atoms with E-state index in [4.69, 9.17) is 29.2 Å². The summed E-state index contributed by atoms with van der Waals surface area (Å²) in [5, 5.41) is 19.2. The number of rotatable bonds is 18. The van der Waals surface area contributed by atoms with Crippen LogP contribution in [0, 0.1) is 0 Å². The lowest BCUT2D eigenvalue weighted by atomic mass is 10.6. The highest BCUT2D eigenvalue weighted by Crippen LogP contribution is 1.83. The highest BCUT2D eigenvalue weighted by molar-refractivity contribution is 5.77. The maximum Gasteiger partial charge on any atom is 0.329 e. The van der Waals surface area contributed by atoms with Crippen LogP contribution >= 0.6 is 0 Å². The topological polar surface area (TPSA) is 150 Å². The number of nitrogens with one attached hydrogen (secondary N) is 1. The van der Waals surface area contributed by atoms with Gasteiger partial charge in [-0.3, -0.25) is 4.79 Å². The minimum absolute atomic E-state index is 0.211. The first-order valence-corrected chi connectivity index (χ1v) is 7.61. The van der Waals surface area contributed by atoms with E-state index in [1.807, 2.05) is 0 Å². The van der Waals surface area contributed by atoms with Crippen molar-refractivity contribution in [2.45, 2.75) is 0 Å². The standard InChI is InChI=1S/C14H25NO10/c16-12(9-25-11-14(19)20)15-1-2-21-3-4-22-5-6-23-7-8-24-10-13(17)18/h1-11H2,(H,15,16)(H,17,18)(H,19,20). The Bertz CT molecular complexity index is 377. The van der Waals surface area contributed by atoms with Crippen LogP contribution < -0.4 is 5.32 Å². The number of amides is 1. The minimum atomic E-state index is -1.13. The van der Waals surface area contributed by atoms with E-state index in [-0.39, 0.29) is 26.4 Å². The molecule has 0 fully saturated rings. The third-order valence-corrected chi connectivity index (χ3v) is 2.37. The van der Waals surface area contributed by atoms with Gasteiger partial charge >= 0.3 is 11.9 Å². The fraction of sp³-hybridized carbons (Fsp3) is 0.786. The van der Waals surface area contributed by atoms with Crippen LogP contribution in [-0.2, 0) is 38.1 Å². The molecule has 0 aliphatic carbocycles. The molecule has 11 nitrogen and oxygen atoms in total. The number of carbonyl (C=O) groups is 3. The van der Waals surface area contributed by atoms with Crippen molar-refractivity contribution >= 4 is 17.8 Å². The normalized spacial score (nSPS) is 10.6. The van der Waals surface area contributed by atoms with Crippen molar-refractivity contribution in [3.8, 4) is 0 Å². The molecular weight excluding hydrogens is 342 g/mol. The van der Waals surface area contributed by atoms with E-state index in [2.05, 4.69) is 10.1 Å². The van der Waals surface area contributed by atoms with Gasteiger partial charge in [0.1, 0.15) is 19.8 Å². The molecule has 11 heteroatoms. The van der Waals surface area contributed by atoms with E-state index < -0.39 is 24.5 Å². The second-order valence-electron chi connectivity index (χ2n) is 4.52. The molecule has 0 radical (unpaired) electrons. The summed E-state index contributed by atoms with van der Waals surface area (Å²) in [6.07, 6.45) is 0. The van der Waals surface area contributed by atoms with Crippen LogP contribution in [0.5, 0.6) is 0 Å². The molecule has 3 N–H and O–H groups in total. The van der Waals surface area contributed by atoms with Gasteiger partial charge in [0, 0.05) is 6.54 Å². The molecule has 0 aromatic heterocycles. The zero-order valence-corrected chi connectivity index (χ0v) is 13.9. The summed E-state index contributed by atoms with van der Waals surface area (Å²) >= 11 is 0. The number of carbonyl (C=O) groups excluding carboxylic acids is 1. The SMILES string of the molecule is O=C(O)COCCOCCOCCOCCNC(=O)COCC(=O)O. The van der Waals surface area contributed by atoms with Crippen LogP contribution in [0.25, 0.3) is 0 Å². The van der Waals surface area contributed by atoms with E-state index in [0.717, 1.165) is 0 Å². The van der Waals surface area contributed by atoms with Crippen molar-refractivity contribution in [3.63, 3.8) is 0 Å². The fourth-order valence-electron chi connectivity index (χ4n) is 1.36. The Morgan fingerprint density at radius 2 is 1.04 bits per heavy atom. The Balaban J connectivity index is 3.15. The minimum Gasteiger partial charge on any atom is -0.480 e. The average Bonchev–Trinajstić information content (AvgIpc) is 2.54. The van der Waals surface area contributed by atoms with Crippen molar-refractivity contribution in [3.05, 3.63) is 0 Å². The van der Waals surface area contributed by atoms with E-state index in [9.17, 15) is 14.4 Å². The molecule has 0 spiro atoms. The molecule has 0 aliphatic heterocycles. The van der Waals surface area contributed by atoms with Gasteiger partial charge in [-0.25, -0.2) is 9.59 Å². The van der Waals surface area contributed by atoms with Crippen LogP contribution in [0.4, 0.5) is 0 Å². The lowest BCUT2D eigenvalue weighted by Crippen LogP contribution is -2.31. The first-order chi connectivity index (χ1) is 12.0. The van der Waals surface area contributed by atoms with E-state index in [0.29, 0.717) is 39.6 Å². The predicted molar refractivity (Wildman–Crippen MR) is 82.4 cm³/mol. The van der Waals surface area contributed by atoms with Gasteiger partial charge in [-0.1, -0.05) is 0 Å². The van der Waals surface area contributed by atoms with Crippen LogP contribution in [0.2, 0.25) is 0 Å². The van der Waals surface area contributed by atoms with E-state index >= 15 is 0 Å². The van der Waals surface area contributed by atoms with Gasteiger partial charge in [-0.15, -0.1) is 0 Å². The van der Waals surface area contributed by atoms with Crippen molar-refractivity contribution in [1.82, 2.24) is 5.32 Å². The van der Waals surface area contributed by atoms with Crippen LogP contribution in [0.15, 0.2) is 0 Å². The number of ether oxygens (including phenoxy) is 5. The van der Waals surface area contributed by atoms with E-state index in [1.54, 1.807) is 0 Å². The molecule has 25 heavy (non-hydrogen) atoms. The predicted octanol–water partition coefficient (Wildman–Crippen LogP) is -1.65. The molecule has 0 rings (SSSR count). The first kappa shape index (κ1) is 23.2. The van der Waals surface area contributed by atoms with Gasteiger partial charge in [-0.2, -0.15) is 0 Å². The molecule has 0 aromatic rings. The molecule has 0 aliphatic rings. The molecular formula is C14H25NO10. The van der Waals surface area contributed by atoms with Gasteiger partial charge in [0.15, 0.2) is 0 Å². The maximum atomic E-state index is 11.2. The second kappa shape index (κ2) is 17.0. The molecule has 0 bridgehead atoms. The number of carboxylic acids is 2. The Morgan fingerprint density at radius 3 is 1.56 bits per heavy atom. The van der Waals surface area contributed by atoms with Crippen molar-refractivity contribution in [2.24, 2.45) is 0 Å². The monoisotopic (exact) mass is 367 g/mol. The summed E-state index contributed by atoms with van der Waals surface area (Å²) in [5.41, 5.74) is 0. The molecule has 0 atom stereocenters. The third kappa shape index (κ3) is 20.2. The largest absolute Gasteiger partial charge is 0.480 e. The molecule has 0 aromatic carbocycles. The zero-order valence-electron chi connectivity index (χ0n) is 13.9. The van der Waals surface area contributed by atoms with Crippen LogP contribution in [-0.4, -0.2) is 101 Å². The quantitative estimate of drug-likeness (QED) is 0.241. The molecule has 1 amide bonds. The van der Waals surface area contributed by atoms with Gasteiger partial charge in [0.2, 0.25) is 5.91 Å². The lowest BCUT2D eigenvalue weighted by Gasteiger charge is -2.08. The summed E-state index contributed by atoms with van der Waals surface area (Å²) < 4.78 is 25.0. The van der Waals surface area contributed by atoms with Crippen molar-refractivity contribution in [1.29, 1.82) is 0 Å². The van der Waals surface area contributed by atoms with Crippen molar-refractivity contribution < 1.29 is 48.3 Å². The number of aliphatic carboxylic acids is 2. The third-order valence-electron chi connectivity index (χ3n) is 2.37. The number of hydrogen-bond acceptors (Lipinski definition) is 8. The molecule has 0 saturated heterocycles. The Labute approximate surface area is 145 Å².